The molecule has 0 aromatic heterocycles. The van der Waals surface area contributed by atoms with Gasteiger partial charge in [0.1, 0.15) is 0 Å². The van der Waals surface area contributed by atoms with E-state index in [2.05, 4.69) is 17.6 Å². The number of rotatable bonds is 0. The van der Waals surface area contributed by atoms with Crippen LogP contribution in [0.2, 0.25) is 0 Å². The molecule has 0 aromatic rings. The molecule has 10 heavy (non-hydrogen) atoms. The van der Waals surface area contributed by atoms with E-state index in [0.717, 1.165) is 13.1 Å². The highest BCUT2D eigenvalue weighted by molar-refractivity contribution is 5.82. The molecule has 56 valence electrons. The van der Waals surface area contributed by atoms with Gasteiger partial charge in [0.15, 0.2) is 0 Å². The van der Waals surface area contributed by atoms with E-state index in [1.54, 1.807) is 0 Å². The van der Waals surface area contributed by atoms with Crippen LogP contribution in [0.25, 0.3) is 0 Å². The zero-order chi connectivity index (χ0) is 7.14. The van der Waals surface area contributed by atoms with Crippen LogP contribution in [0.5, 0.6) is 0 Å². The lowest BCUT2D eigenvalue weighted by Crippen LogP contribution is -2.30. The highest BCUT2D eigenvalue weighted by Crippen LogP contribution is 2.25. The molecule has 2 aliphatic heterocycles. The first kappa shape index (κ1) is 6.16. The van der Waals surface area contributed by atoms with Gasteiger partial charge in [-0.3, -0.25) is 4.79 Å². The topological polar surface area (TPSA) is 41.1 Å². The monoisotopic (exact) mass is 140 g/mol. The van der Waals surface area contributed by atoms with Gasteiger partial charge in [0.05, 0.1) is 5.92 Å². The summed E-state index contributed by atoms with van der Waals surface area (Å²) in [4.78, 5) is 11.1. The van der Waals surface area contributed by atoms with Crippen LogP contribution >= 0.6 is 0 Å². The fourth-order valence-electron chi connectivity index (χ4n) is 1.95. The second kappa shape index (κ2) is 1.95. The lowest BCUT2D eigenvalue weighted by Gasteiger charge is -2.08. The van der Waals surface area contributed by atoms with Gasteiger partial charge in [-0.25, -0.2) is 0 Å². The summed E-state index contributed by atoms with van der Waals surface area (Å²) < 4.78 is 0. The van der Waals surface area contributed by atoms with Gasteiger partial charge in [-0.1, -0.05) is 0 Å². The van der Waals surface area contributed by atoms with E-state index in [-0.39, 0.29) is 11.8 Å². The fourth-order valence-corrected chi connectivity index (χ4v) is 1.95. The van der Waals surface area contributed by atoms with E-state index in [1.165, 1.54) is 0 Å². The van der Waals surface area contributed by atoms with E-state index < -0.39 is 0 Å². The first-order chi connectivity index (χ1) is 4.79. The number of carbonyl (C=O) groups excluding carboxylic acids is 1. The minimum absolute atomic E-state index is 0.238. The van der Waals surface area contributed by atoms with Crippen molar-refractivity contribution >= 4 is 5.91 Å². The third-order valence-electron chi connectivity index (χ3n) is 2.61. The molecule has 2 saturated heterocycles. The molecule has 3 atom stereocenters. The molecule has 2 rings (SSSR count). The van der Waals surface area contributed by atoms with Crippen molar-refractivity contribution in [1.82, 2.24) is 10.6 Å². The quantitative estimate of drug-likeness (QED) is 0.469. The number of hydrogen-bond acceptors (Lipinski definition) is 2. The van der Waals surface area contributed by atoms with Gasteiger partial charge < -0.3 is 10.6 Å². The van der Waals surface area contributed by atoms with Gasteiger partial charge in [0, 0.05) is 25.0 Å². The highest BCUT2D eigenvalue weighted by Gasteiger charge is 2.42. The molecule has 3 nitrogen and oxygen atoms in total. The van der Waals surface area contributed by atoms with Crippen molar-refractivity contribution in [3.63, 3.8) is 0 Å². The van der Waals surface area contributed by atoms with Crippen molar-refractivity contribution in [2.45, 2.75) is 13.0 Å². The largest absolute Gasteiger partial charge is 0.353 e. The summed E-state index contributed by atoms with van der Waals surface area (Å²) in [5.74, 6) is 1.05. The summed E-state index contributed by atoms with van der Waals surface area (Å²) in [7, 11) is 0. The van der Waals surface area contributed by atoms with Crippen LogP contribution in [-0.4, -0.2) is 25.0 Å². The maximum absolute atomic E-state index is 11.1. The summed E-state index contributed by atoms with van der Waals surface area (Å²) in [6.07, 6.45) is 0. The van der Waals surface area contributed by atoms with Gasteiger partial charge in [0.25, 0.3) is 0 Å². The predicted octanol–water partition coefficient (Wildman–Crippen LogP) is -0.660. The Morgan fingerprint density at radius 2 is 2.30 bits per heavy atom. The lowest BCUT2D eigenvalue weighted by atomic mass is 9.95. The SMILES string of the molecule is C[C@@H]1NC(=O)[C@@H]2CNC[C@H]12. The molecule has 2 heterocycles. The molecule has 2 aliphatic rings. The Labute approximate surface area is 60.2 Å². The predicted molar refractivity (Wildman–Crippen MR) is 37.5 cm³/mol. The van der Waals surface area contributed by atoms with Crippen LogP contribution in [0.1, 0.15) is 6.92 Å². The summed E-state index contributed by atoms with van der Waals surface area (Å²) in [5, 5.41) is 6.16. The first-order valence-electron chi connectivity index (χ1n) is 3.80. The Morgan fingerprint density at radius 1 is 1.50 bits per heavy atom. The number of carbonyl (C=O) groups is 1. The lowest BCUT2D eigenvalue weighted by molar-refractivity contribution is -0.122. The van der Waals surface area contributed by atoms with Crippen LogP contribution < -0.4 is 10.6 Å². The Morgan fingerprint density at radius 3 is 3.00 bits per heavy atom. The van der Waals surface area contributed by atoms with E-state index >= 15 is 0 Å². The third kappa shape index (κ3) is 0.669. The summed E-state index contributed by atoms with van der Waals surface area (Å²) in [6.45, 7) is 3.96. The minimum atomic E-state index is 0.238. The van der Waals surface area contributed by atoms with Crippen molar-refractivity contribution in [3.05, 3.63) is 0 Å². The number of nitrogens with one attached hydrogen (secondary N) is 2. The second-order valence-electron chi connectivity index (χ2n) is 3.23. The van der Waals surface area contributed by atoms with E-state index in [0.29, 0.717) is 12.0 Å². The molecular weight excluding hydrogens is 128 g/mol. The Bertz CT molecular complexity index is 169. The summed E-state index contributed by atoms with van der Waals surface area (Å²) >= 11 is 0. The first-order valence-corrected chi connectivity index (χ1v) is 3.80. The molecule has 3 heteroatoms. The molecule has 0 aliphatic carbocycles. The fraction of sp³-hybridized carbons (Fsp3) is 0.857. The number of fused-ring (bicyclic) bond motifs is 1. The molecule has 1 amide bonds. The highest BCUT2D eigenvalue weighted by atomic mass is 16.2. The smallest absolute Gasteiger partial charge is 0.225 e. The van der Waals surface area contributed by atoms with E-state index in [4.69, 9.17) is 0 Å². The molecule has 0 saturated carbocycles. The molecule has 0 spiro atoms. The molecule has 2 N–H and O–H groups in total. The number of amides is 1. The van der Waals surface area contributed by atoms with E-state index in [9.17, 15) is 4.79 Å². The molecule has 0 bridgehead atoms. The molecular formula is C7H12N2O. The maximum Gasteiger partial charge on any atom is 0.225 e. The minimum Gasteiger partial charge on any atom is -0.353 e. The van der Waals surface area contributed by atoms with Gasteiger partial charge in [-0.05, 0) is 6.92 Å². The zero-order valence-electron chi connectivity index (χ0n) is 6.05. The second-order valence-corrected chi connectivity index (χ2v) is 3.23. The molecule has 0 radical (unpaired) electrons. The average molecular weight is 140 g/mol. The normalized spacial score (nSPS) is 45.3. The Hall–Kier alpha value is -0.570. The van der Waals surface area contributed by atoms with E-state index in [1.807, 2.05) is 0 Å². The van der Waals surface area contributed by atoms with Gasteiger partial charge >= 0.3 is 0 Å². The average Bonchev–Trinajstić information content (AvgIpc) is 2.39. The zero-order valence-corrected chi connectivity index (χ0v) is 6.05. The molecule has 0 unspecified atom stereocenters. The molecule has 2 fully saturated rings. The van der Waals surface area contributed by atoms with Gasteiger partial charge in [-0.15, -0.1) is 0 Å². The molecule has 0 aromatic carbocycles. The van der Waals surface area contributed by atoms with Crippen LogP contribution in [0.15, 0.2) is 0 Å². The van der Waals surface area contributed by atoms with Crippen LogP contribution in [0.3, 0.4) is 0 Å². The van der Waals surface area contributed by atoms with Crippen molar-refractivity contribution in [2.75, 3.05) is 13.1 Å². The summed E-state index contributed by atoms with van der Waals surface area (Å²) in [6, 6.07) is 0.382. The summed E-state index contributed by atoms with van der Waals surface area (Å²) in [5.41, 5.74) is 0. The number of hydrogen-bond donors (Lipinski definition) is 2. The van der Waals surface area contributed by atoms with Gasteiger partial charge in [0.2, 0.25) is 5.91 Å². The standard InChI is InChI=1S/C7H12N2O/c1-4-5-2-8-3-6(5)7(10)9-4/h4-6,8H,2-3H2,1H3,(H,9,10)/t4-,5+,6+/m0/s1. The van der Waals surface area contributed by atoms with Crippen molar-refractivity contribution in [2.24, 2.45) is 11.8 Å². The van der Waals surface area contributed by atoms with Crippen LogP contribution in [0, 0.1) is 11.8 Å². The third-order valence-corrected chi connectivity index (χ3v) is 2.61. The van der Waals surface area contributed by atoms with Gasteiger partial charge in [-0.2, -0.15) is 0 Å². The van der Waals surface area contributed by atoms with Crippen molar-refractivity contribution < 1.29 is 4.79 Å². The maximum atomic E-state index is 11.1. The Kier molecular flexibility index (Phi) is 1.20. The van der Waals surface area contributed by atoms with Crippen LogP contribution in [0.4, 0.5) is 0 Å². The van der Waals surface area contributed by atoms with Crippen molar-refractivity contribution in [1.29, 1.82) is 0 Å². The van der Waals surface area contributed by atoms with Crippen LogP contribution in [-0.2, 0) is 4.79 Å². The van der Waals surface area contributed by atoms with Crippen molar-refractivity contribution in [3.8, 4) is 0 Å². The Balaban J connectivity index is 2.19.